The summed E-state index contributed by atoms with van der Waals surface area (Å²) in [5, 5.41) is 6.03. The van der Waals surface area contributed by atoms with Gasteiger partial charge in [0.05, 0.1) is 22.3 Å². The molecular formula is C20H14Cl2N4O3S. The van der Waals surface area contributed by atoms with Gasteiger partial charge in [-0.2, -0.15) is 5.10 Å². The molecule has 4 aromatic rings. The largest absolute Gasteiger partial charge is 0.482 e. The van der Waals surface area contributed by atoms with Crippen LogP contribution >= 0.6 is 35.0 Å². The average molecular weight is 461 g/mol. The second kappa shape index (κ2) is 9.25. The average Bonchev–Trinajstić information content (AvgIpc) is 3.33. The third-order valence-corrected chi connectivity index (χ3v) is 5.14. The van der Waals surface area contributed by atoms with Crippen LogP contribution in [0.25, 0.3) is 11.0 Å². The van der Waals surface area contributed by atoms with E-state index < -0.39 is 5.91 Å². The van der Waals surface area contributed by atoms with Crippen LogP contribution in [0, 0.1) is 0 Å². The summed E-state index contributed by atoms with van der Waals surface area (Å²) >= 11 is 13.2. The summed E-state index contributed by atoms with van der Waals surface area (Å²) in [5.74, 6) is 0.398. The molecule has 2 heterocycles. The zero-order valence-corrected chi connectivity index (χ0v) is 17.6. The van der Waals surface area contributed by atoms with Crippen LogP contribution in [0.1, 0.15) is 5.76 Å². The lowest BCUT2D eigenvalue weighted by Gasteiger charge is -2.06. The zero-order valence-electron chi connectivity index (χ0n) is 15.3. The predicted octanol–water partition coefficient (Wildman–Crippen LogP) is 5.14. The molecular weight excluding hydrogens is 447 g/mol. The zero-order chi connectivity index (χ0) is 20.9. The van der Waals surface area contributed by atoms with E-state index in [0.717, 1.165) is 16.2 Å². The van der Waals surface area contributed by atoms with Crippen molar-refractivity contribution in [2.24, 2.45) is 5.10 Å². The molecule has 0 saturated heterocycles. The Morgan fingerprint density at radius 3 is 2.93 bits per heavy atom. The molecule has 10 heteroatoms. The van der Waals surface area contributed by atoms with E-state index in [0.29, 0.717) is 26.6 Å². The molecule has 0 aliphatic carbocycles. The number of furan rings is 1. The monoisotopic (exact) mass is 460 g/mol. The Labute approximate surface area is 185 Å². The summed E-state index contributed by atoms with van der Waals surface area (Å²) in [6.45, 7) is -0.246. The summed E-state index contributed by atoms with van der Waals surface area (Å²) in [4.78, 5) is 19.6. The van der Waals surface area contributed by atoms with Crippen molar-refractivity contribution >= 4 is 58.1 Å². The molecule has 0 radical (unpaired) electrons. The number of amides is 1. The van der Waals surface area contributed by atoms with E-state index in [4.69, 9.17) is 32.4 Å². The van der Waals surface area contributed by atoms with E-state index in [1.54, 1.807) is 24.3 Å². The van der Waals surface area contributed by atoms with Gasteiger partial charge in [0, 0.05) is 5.02 Å². The van der Waals surface area contributed by atoms with Crippen LogP contribution in [0.4, 0.5) is 0 Å². The first kappa shape index (κ1) is 20.3. The molecule has 1 amide bonds. The number of carbonyl (C=O) groups is 1. The van der Waals surface area contributed by atoms with Crippen molar-refractivity contribution in [2.45, 2.75) is 10.2 Å². The lowest BCUT2D eigenvalue weighted by molar-refractivity contribution is -0.123. The minimum absolute atomic E-state index is 0.246. The molecule has 0 aliphatic rings. The number of ether oxygens (including phenoxy) is 1. The van der Waals surface area contributed by atoms with Crippen molar-refractivity contribution in [3.05, 3.63) is 70.4 Å². The van der Waals surface area contributed by atoms with Gasteiger partial charge in [-0.25, -0.2) is 10.4 Å². The van der Waals surface area contributed by atoms with Gasteiger partial charge in [0.15, 0.2) is 16.9 Å². The van der Waals surface area contributed by atoms with Gasteiger partial charge in [0.25, 0.3) is 5.91 Å². The summed E-state index contributed by atoms with van der Waals surface area (Å²) in [6, 6.07) is 16.1. The highest BCUT2D eigenvalue weighted by Gasteiger charge is 2.08. The Morgan fingerprint density at radius 2 is 2.10 bits per heavy atom. The number of hydrogen-bond donors (Lipinski definition) is 2. The SMILES string of the molecule is O=C(COc1ccc(Cl)cc1Cl)N/N=C\c1ccc(Sc2nc3ccccc3[nH]2)o1. The van der Waals surface area contributed by atoms with E-state index >= 15 is 0 Å². The van der Waals surface area contributed by atoms with Crippen LogP contribution in [0.3, 0.4) is 0 Å². The number of hydrogen-bond acceptors (Lipinski definition) is 6. The highest BCUT2D eigenvalue weighted by molar-refractivity contribution is 7.99. The van der Waals surface area contributed by atoms with Crippen molar-refractivity contribution in [3.63, 3.8) is 0 Å². The predicted molar refractivity (Wildman–Crippen MR) is 117 cm³/mol. The van der Waals surface area contributed by atoms with Crippen LogP contribution in [-0.2, 0) is 4.79 Å². The Bertz CT molecular complexity index is 1190. The van der Waals surface area contributed by atoms with Gasteiger partial charge >= 0.3 is 0 Å². The van der Waals surface area contributed by atoms with Crippen molar-refractivity contribution in [2.75, 3.05) is 6.61 Å². The Morgan fingerprint density at radius 1 is 1.23 bits per heavy atom. The fourth-order valence-electron chi connectivity index (χ4n) is 2.47. The molecule has 0 spiro atoms. The number of benzene rings is 2. The van der Waals surface area contributed by atoms with E-state index in [1.165, 1.54) is 24.0 Å². The number of aromatic nitrogens is 2. The molecule has 2 aromatic carbocycles. The maximum atomic E-state index is 11.9. The smallest absolute Gasteiger partial charge is 0.277 e. The summed E-state index contributed by atoms with van der Waals surface area (Å²) in [6.07, 6.45) is 1.40. The number of aromatic amines is 1. The molecule has 30 heavy (non-hydrogen) atoms. The first-order chi connectivity index (χ1) is 14.6. The lowest BCUT2D eigenvalue weighted by Crippen LogP contribution is -2.24. The van der Waals surface area contributed by atoms with Crippen LogP contribution in [-0.4, -0.2) is 28.7 Å². The van der Waals surface area contributed by atoms with Crippen molar-refractivity contribution in [1.82, 2.24) is 15.4 Å². The number of nitrogens with zero attached hydrogens (tertiary/aromatic N) is 2. The minimum atomic E-state index is -0.444. The topological polar surface area (TPSA) is 92.5 Å². The molecule has 152 valence electrons. The van der Waals surface area contributed by atoms with Gasteiger partial charge in [-0.15, -0.1) is 0 Å². The molecule has 0 bridgehead atoms. The van der Waals surface area contributed by atoms with Gasteiger partial charge in [-0.05, 0) is 54.2 Å². The van der Waals surface area contributed by atoms with Crippen LogP contribution in [0.5, 0.6) is 5.75 Å². The number of imidazole rings is 1. The number of H-pyrrole nitrogens is 1. The highest BCUT2D eigenvalue weighted by atomic mass is 35.5. The van der Waals surface area contributed by atoms with Gasteiger partial charge in [0.1, 0.15) is 11.5 Å². The van der Waals surface area contributed by atoms with Gasteiger partial charge in [0.2, 0.25) is 0 Å². The summed E-state index contributed by atoms with van der Waals surface area (Å²) < 4.78 is 11.0. The minimum Gasteiger partial charge on any atom is -0.482 e. The highest BCUT2D eigenvalue weighted by Crippen LogP contribution is 2.29. The number of nitrogens with one attached hydrogen (secondary N) is 2. The number of hydrazone groups is 1. The number of rotatable bonds is 7. The maximum absolute atomic E-state index is 11.9. The lowest BCUT2D eigenvalue weighted by atomic mass is 10.3. The fraction of sp³-hybridized carbons (Fsp3) is 0.0500. The molecule has 4 rings (SSSR count). The first-order valence-corrected chi connectivity index (χ1v) is 10.3. The van der Waals surface area contributed by atoms with Crippen LogP contribution in [0.2, 0.25) is 10.0 Å². The fourth-order valence-corrected chi connectivity index (χ4v) is 3.70. The quantitative estimate of drug-likeness (QED) is 0.294. The third-order valence-electron chi connectivity index (χ3n) is 3.80. The van der Waals surface area contributed by atoms with Gasteiger partial charge in [-0.1, -0.05) is 35.3 Å². The molecule has 0 saturated carbocycles. The van der Waals surface area contributed by atoms with Crippen molar-refractivity contribution in [3.8, 4) is 5.75 Å². The second-order valence-electron chi connectivity index (χ2n) is 5.97. The molecule has 7 nitrogen and oxygen atoms in total. The molecule has 0 atom stereocenters. The molecule has 0 unspecified atom stereocenters. The van der Waals surface area contributed by atoms with Crippen LogP contribution in [0.15, 0.2) is 74.4 Å². The van der Waals surface area contributed by atoms with E-state index in [2.05, 4.69) is 20.5 Å². The third kappa shape index (κ3) is 5.15. The van der Waals surface area contributed by atoms with E-state index in [9.17, 15) is 4.79 Å². The number of para-hydroxylation sites is 2. The molecule has 2 aromatic heterocycles. The standard InChI is InChI=1S/C20H14Cl2N4O3S/c21-12-5-7-17(14(22)9-12)28-11-18(27)26-23-10-13-6-8-19(29-13)30-20-24-15-3-1-2-4-16(15)25-20/h1-10H,11H2,(H,24,25)(H,26,27)/b23-10-. The molecule has 0 fully saturated rings. The Balaban J connectivity index is 1.28. The summed E-state index contributed by atoms with van der Waals surface area (Å²) in [5.41, 5.74) is 4.20. The van der Waals surface area contributed by atoms with Crippen molar-refractivity contribution in [1.29, 1.82) is 0 Å². The van der Waals surface area contributed by atoms with Crippen LogP contribution < -0.4 is 10.2 Å². The first-order valence-electron chi connectivity index (χ1n) is 8.69. The normalized spacial score (nSPS) is 11.3. The Kier molecular flexibility index (Phi) is 6.27. The number of fused-ring (bicyclic) bond motifs is 1. The van der Waals surface area contributed by atoms with E-state index in [-0.39, 0.29) is 6.61 Å². The number of carbonyl (C=O) groups excluding carboxylic acids is 1. The Hall–Kier alpha value is -2.94. The van der Waals surface area contributed by atoms with Crippen molar-refractivity contribution < 1.29 is 13.9 Å². The van der Waals surface area contributed by atoms with E-state index in [1.807, 2.05) is 24.3 Å². The summed E-state index contributed by atoms with van der Waals surface area (Å²) in [7, 11) is 0. The maximum Gasteiger partial charge on any atom is 0.277 e. The van der Waals surface area contributed by atoms with Gasteiger partial charge in [-0.3, -0.25) is 4.79 Å². The van der Waals surface area contributed by atoms with Gasteiger partial charge < -0.3 is 14.1 Å². The number of halogens is 2. The molecule has 2 N–H and O–H groups in total. The second-order valence-corrected chi connectivity index (χ2v) is 7.81. The molecule has 0 aliphatic heterocycles.